The first-order valence-corrected chi connectivity index (χ1v) is 9.78. The van der Waals surface area contributed by atoms with Crippen LogP contribution >= 0.6 is 11.6 Å². The van der Waals surface area contributed by atoms with Gasteiger partial charge in [0.15, 0.2) is 5.82 Å². The van der Waals surface area contributed by atoms with Gasteiger partial charge in [0.05, 0.1) is 25.6 Å². The van der Waals surface area contributed by atoms with Crippen molar-refractivity contribution < 1.29 is 14.3 Å². The van der Waals surface area contributed by atoms with Crippen LogP contribution in [0.15, 0.2) is 72.8 Å². The highest BCUT2D eigenvalue weighted by Gasteiger charge is 2.20. The maximum Gasteiger partial charge on any atom is 0.295 e. The molecule has 0 radical (unpaired) electrons. The molecular formula is C23H19ClN4O3. The Balaban J connectivity index is 1.75. The van der Waals surface area contributed by atoms with E-state index in [-0.39, 0.29) is 5.82 Å². The van der Waals surface area contributed by atoms with Crippen LogP contribution < -0.4 is 14.8 Å². The summed E-state index contributed by atoms with van der Waals surface area (Å²) >= 11 is 6.17. The molecule has 4 aromatic rings. The van der Waals surface area contributed by atoms with Gasteiger partial charge >= 0.3 is 0 Å². The molecule has 0 fully saturated rings. The van der Waals surface area contributed by atoms with Crippen LogP contribution in [0, 0.1) is 0 Å². The van der Waals surface area contributed by atoms with E-state index in [1.54, 1.807) is 42.1 Å². The second-order valence-corrected chi connectivity index (χ2v) is 6.97. The molecular weight excluding hydrogens is 416 g/mol. The highest BCUT2D eigenvalue weighted by atomic mass is 35.5. The van der Waals surface area contributed by atoms with Crippen LogP contribution in [0.25, 0.3) is 17.1 Å². The molecule has 1 N–H and O–H groups in total. The molecule has 8 heteroatoms. The van der Waals surface area contributed by atoms with E-state index in [0.717, 1.165) is 11.3 Å². The lowest BCUT2D eigenvalue weighted by Crippen LogP contribution is -2.15. The number of nitrogens with one attached hydrogen (secondary N) is 1. The van der Waals surface area contributed by atoms with Gasteiger partial charge in [-0.15, -0.1) is 5.10 Å². The van der Waals surface area contributed by atoms with Crippen molar-refractivity contribution in [3.8, 4) is 28.6 Å². The predicted octanol–water partition coefficient (Wildman–Crippen LogP) is 4.86. The lowest BCUT2D eigenvalue weighted by molar-refractivity contribution is 0.101. The minimum atomic E-state index is -0.482. The molecule has 1 amide bonds. The molecule has 156 valence electrons. The molecule has 0 unspecified atom stereocenters. The zero-order valence-electron chi connectivity index (χ0n) is 16.9. The van der Waals surface area contributed by atoms with Gasteiger partial charge in [0, 0.05) is 16.7 Å². The molecule has 0 aliphatic heterocycles. The number of ether oxygens (including phenoxy) is 2. The normalized spacial score (nSPS) is 10.5. The number of carbonyl (C=O) groups excluding carboxylic acids is 1. The quantitative estimate of drug-likeness (QED) is 0.469. The summed E-state index contributed by atoms with van der Waals surface area (Å²) < 4.78 is 12.2. The molecule has 0 saturated heterocycles. The Morgan fingerprint density at radius 2 is 1.77 bits per heavy atom. The SMILES string of the molecule is COc1ccc(OC)c(NC(=O)c2nc(-c3cccc(Cl)c3)n(-c3ccccc3)n2)c1. The lowest BCUT2D eigenvalue weighted by Gasteiger charge is -2.10. The molecule has 4 rings (SSSR count). The van der Waals surface area contributed by atoms with Crippen LogP contribution in [0.4, 0.5) is 5.69 Å². The van der Waals surface area contributed by atoms with Crippen molar-refractivity contribution in [2.24, 2.45) is 0 Å². The number of benzene rings is 3. The van der Waals surface area contributed by atoms with Gasteiger partial charge in [-0.3, -0.25) is 4.79 Å². The van der Waals surface area contributed by atoms with Crippen LogP contribution in [0.1, 0.15) is 10.6 Å². The smallest absolute Gasteiger partial charge is 0.295 e. The van der Waals surface area contributed by atoms with E-state index >= 15 is 0 Å². The number of anilines is 1. The summed E-state index contributed by atoms with van der Waals surface area (Å²) in [5, 5.41) is 7.82. The first-order chi connectivity index (χ1) is 15.1. The van der Waals surface area contributed by atoms with Gasteiger partial charge in [-0.1, -0.05) is 41.9 Å². The summed E-state index contributed by atoms with van der Waals surface area (Å²) in [6.07, 6.45) is 0. The summed E-state index contributed by atoms with van der Waals surface area (Å²) in [6.45, 7) is 0. The fraction of sp³-hybridized carbons (Fsp3) is 0.0870. The van der Waals surface area contributed by atoms with E-state index in [0.29, 0.717) is 28.0 Å². The maximum absolute atomic E-state index is 13.0. The Labute approximate surface area is 184 Å². The first-order valence-electron chi connectivity index (χ1n) is 9.41. The number of rotatable bonds is 6. The lowest BCUT2D eigenvalue weighted by atomic mass is 10.2. The van der Waals surface area contributed by atoms with Crippen molar-refractivity contribution >= 4 is 23.2 Å². The number of methoxy groups -OCH3 is 2. The van der Waals surface area contributed by atoms with Crippen molar-refractivity contribution in [3.63, 3.8) is 0 Å². The molecule has 0 spiro atoms. The van der Waals surface area contributed by atoms with Crippen molar-refractivity contribution in [3.05, 3.63) is 83.6 Å². The van der Waals surface area contributed by atoms with Crippen LogP contribution in [0.3, 0.4) is 0 Å². The molecule has 31 heavy (non-hydrogen) atoms. The highest BCUT2D eigenvalue weighted by molar-refractivity contribution is 6.30. The summed E-state index contributed by atoms with van der Waals surface area (Å²) in [7, 11) is 3.07. The summed E-state index contributed by atoms with van der Waals surface area (Å²) in [6, 6.07) is 21.8. The van der Waals surface area contributed by atoms with E-state index in [1.807, 2.05) is 42.5 Å². The monoisotopic (exact) mass is 434 g/mol. The van der Waals surface area contributed by atoms with Crippen molar-refractivity contribution in [2.75, 3.05) is 19.5 Å². The second kappa shape index (κ2) is 8.89. The molecule has 0 aliphatic rings. The van der Waals surface area contributed by atoms with Crippen LogP contribution in [-0.4, -0.2) is 34.9 Å². The third-order valence-corrected chi connectivity index (χ3v) is 4.78. The molecule has 3 aromatic carbocycles. The van der Waals surface area contributed by atoms with Gasteiger partial charge in [-0.25, -0.2) is 9.67 Å². The molecule has 0 bridgehead atoms. The minimum Gasteiger partial charge on any atom is -0.497 e. The Morgan fingerprint density at radius 3 is 2.48 bits per heavy atom. The fourth-order valence-electron chi connectivity index (χ4n) is 3.06. The Kier molecular flexibility index (Phi) is 5.86. The molecule has 0 aliphatic carbocycles. The maximum atomic E-state index is 13.0. The molecule has 1 aromatic heterocycles. The average Bonchev–Trinajstić information content (AvgIpc) is 3.25. The van der Waals surface area contributed by atoms with E-state index in [4.69, 9.17) is 21.1 Å². The molecule has 0 saturated carbocycles. The number of para-hydroxylation sites is 1. The number of aromatic nitrogens is 3. The Hall–Kier alpha value is -3.84. The Morgan fingerprint density at radius 1 is 0.968 bits per heavy atom. The fourth-order valence-corrected chi connectivity index (χ4v) is 3.25. The van der Waals surface area contributed by atoms with E-state index < -0.39 is 5.91 Å². The third-order valence-electron chi connectivity index (χ3n) is 4.55. The third kappa shape index (κ3) is 4.36. The zero-order valence-corrected chi connectivity index (χ0v) is 17.6. The standard InChI is InChI=1S/C23H19ClN4O3/c1-30-18-11-12-20(31-2)19(14-18)25-23(29)21-26-22(15-7-6-8-16(24)13-15)28(27-21)17-9-4-3-5-10-17/h3-14H,1-2H3,(H,25,29). The minimum absolute atomic E-state index is 0.00343. The summed E-state index contributed by atoms with van der Waals surface area (Å²) in [4.78, 5) is 17.5. The van der Waals surface area contributed by atoms with Crippen molar-refractivity contribution in [2.45, 2.75) is 0 Å². The van der Waals surface area contributed by atoms with E-state index in [1.165, 1.54) is 7.11 Å². The van der Waals surface area contributed by atoms with Gasteiger partial charge < -0.3 is 14.8 Å². The highest BCUT2D eigenvalue weighted by Crippen LogP contribution is 2.30. The zero-order chi connectivity index (χ0) is 21.8. The van der Waals surface area contributed by atoms with Crippen LogP contribution in [-0.2, 0) is 0 Å². The summed E-state index contributed by atoms with van der Waals surface area (Å²) in [5.41, 5.74) is 1.96. The van der Waals surface area contributed by atoms with E-state index in [2.05, 4.69) is 15.4 Å². The molecule has 0 atom stereocenters. The largest absolute Gasteiger partial charge is 0.497 e. The number of nitrogens with zero attached hydrogens (tertiary/aromatic N) is 3. The topological polar surface area (TPSA) is 78.3 Å². The number of hydrogen-bond acceptors (Lipinski definition) is 5. The van der Waals surface area contributed by atoms with Crippen LogP contribution in [0.5, 0.6) is 11.5 Å². The molecule has 7 nitrogen and oxygen atoms in total. The van der Waals surface area contributed by atoms with Crippen LogP contribution in [0.2, 0.25) is 5.02 Å². The predicted molar refractivity (Wildman–Crippen MR) is 119 cm³/mol. The van der Waals surface area contributed by atoms with Gasteiger partial charge in [0.2, 0.25) is 5.82 Å². The number of halogens is 1. The first kappa shape index (κ1) is 20.4. The molecule has 1 heterocycles. The van der Waals surface area contributed by atoms with Gasteiger partial charge in [0.25, 0.3) is 5.91 Å². The Bertz CT molecular complexity index is 1220. The van der Waals surface area contributed by atoms with Gasteiger partial charge in [-0.05, 0) is 36.4 Å². The van der Waals surface area contributed by atoms with E-state index in [9.17, 15) is 4.79 Å². The average molecular weight is 435 g/mol. The van der Waals surface area contributed by atoms with Gasteiger partial charge in [-0.2, -0.15) is 0 Å². The van der Waals surface area contributed by atoms with Crippen molar-refractivity contribution in [1.82, 2.24) is 14.8 Å². The van der Waals surface area contributed by atoms with Crippen molar-refractivity contribution in [1.29, 1.82) is 0 Å². The summed E-state index contributed by atoms with van der Waals surface area (Å²) in [5.74, 6) is 1.09. The van der Waals surface area contributed by atoms with Gasteiger partial charge in [0.1, 0.15) is 11.5 Å². The number of hydrogen-bond donors (Lipinski definition) is 1. The second-order valence-electron chi connectivity index (χ2n) is 6.54. The number of carbonyl (C=O) groups is 1. The number of amides is 1.